The average molecular weight is 309 g/mol. The molecule has 1 fully saturated rings. The van der Waals surface area contributed by atoms with Crippen LogP contribution in [-0.2, 0) is 15.7 Å². The highest BCUT2D eigenvalue weighted by Crippen LogP contribution is 2.38. The van der Waals surface area contributed by atoms with Crippen molar-refractivity contribution in [2.24, 2.45) is 5.73 Å². The molecule has 3 N–H and O–H groups in total. The van der Waals surface area contributed by atoms with Crippen LogP contribution in [0.15, 0.2) is 18.2 Å². The van der Waals surface area contributed by atoms with Gasteiger partial charge in [-0.2, -0.15) is 13.2 Å². The molecular weight excluding hydrogens is 297 g/mol. The van der Waals surface area contributed by atoms with Crippen molar-refractivity contribution in [3.63, 3.8) is 0 Å². The molecule has 1 aromatic rings. The standard InChI is InChI=1S/C12H12ClF3N2O2/c13-8-3-1-2-7(12(14,15)16)9(8)18-10(19)11(17)4-5-20-6-11/h1-3H,4-6,17H2,(H,18,19). The molecule has 1 saturated heterocycles. The van der Waals surface area contributed by atoms with Gasteiger partial charge in [0.2, 0.25) is 5.91 Å². The van der Waals surface area contributed by atoms with Gasteiger partial charge in [0.1, 0.15) is 5.54 Å². The van der Waals surface area contributed by atoms with Crippen molar-refractivity contribution >= 4 is 23.2 Å². The summed E-state index contributed by atoms with van der Waals surface area (Å²) in [5.74, 6) is -0.742. The Morgan fingerprint density at radius 1 is 1.45 bits per heavy atom. The monoisotopic (exact) mass is 308 g/mol. The van der Waals surface area contributed by atoms with Gasteiger partial charge in [0.05, 0.1) is 22.9 Å². The Labute approximate surface area is 118 Å². The van der Waals surface area contributed by atoms with Crippen LogP contribution in [0.25, 0.3) is 0 Å². The van der Waals surface area contributed by atoms with E-state index >= 15 is 0 Å². The number of nitrogens with one attached hydrogen (secondary N) is 1. The van der Waals surface area contributed by atoms with Crippen LogP contribution in [0.4, 0.5) is 18.9 Å². The number of alkyl halides is 3. The summed E-state index contributed by atoms with van der Waals surface area (Å²) >= 11 is 5.74. The number of rotatable bonds is 2. The van der Waals surface area contributed by atoms with E-state index in [0.29, 0.717) is 6.61 Å². The molecule has 2 rings (SSSR count). The van der Waals surface area contributed by atoms with Gasteiger partial charge in [0.25, 0.3) is 0 Å². The number of nitrogens with two attached hydrogens (primary N) is 1. The van der Waals surface area contributed by atoms with Crippen molar-refractivity contribution in [1.29, 1.82) is 0 Å². The molecule has 8 heteroatoms. The fourth-order valence-electron chi connectivity index (χ4n) is 1.89. The van der Waals surface area contributed by atoms with Crippen LogP contribution in [0.1, 0.15) is 12.0 Å². The van der Waals surface area contributed by atoms with Crippen LogP contribution in [0, 0.1) is 0 Å². The highest BCUT2D eigenvalue weighted by Gasteiger charge is 2.40. The molecule has 4 nitrogen and oxygen atoms in total. The topological polar surface area (TPSA) is 64.4 Å². The Hall–Kier alpha value is -1.31. The van der Waals surface area contributed by atoms with Crippen LogP contribution in [0.3, 0.4) is 0 Å². The molecule has 1 aromatic carbocycles. The number of anilines is 1. The first-order chi connectivity index (χ1) is 9.24. The number of carbonyl (C=O) groups excluding carboxylic acids is 1. The number of para-hydroxylation sites is 1. The highest BCUT2D eigenvalue weighted by molar-refractivity contribution is 6.34. The van der Waals surface area contributed by atoms with E-state index in [1.54, 1.807) is 0 Å². The zero-order valence-electron chi connectivity index (χ0n) is 10.3. The lowest BCUT2D eigenvalue weighted by atomic mass is 9.99. The lowest BCUT2D eigenvalue weighted by Crippen LogP contribution is -2.51. The zero-order chi connectivity index (χ0) is 15.0. The molecule has 0 aromatic heterocycles. The van der Waals surface area contributed by atoms with Gasteiger partial charge in [-0.1, -0.05) is 17.7 Å². The van der Waals surface area contributed by atoms with E-state index in [4.69, 9.17) is 22.1 Å². The number of benzene rings is 1. The fraction of sp³-hybridized carbons (Fsp3) is 0.417. The number of halogens is 4. The summed E-state index contributed by atoms with van der Waals surface area (Å²) in [6.07, 6.45) is -4.38. The van der Waals surface area contributed by atoms with E-state index in [1.165, 1.54) is 6.07 Å². The minimum Gasteiger partial charge on any atom is -0.379 e. The maximum Gasteiger partial charge on any atom is 0.418 e. The molecule has 1 aliphatic rings. The third kappa shape index (κ3) is 2.89. The summed E-state index contributed by atoms with van der Waals surface area (Å²) in [4.78, 5) is 12.0. The first-order valence-electron chi connectivity index (χ1n) is 5.78. The second kappa shape index (κ2) is 5.23. The Bertz CT molecular complexity index is 528. The molecule has 110 valence electrons. The van der Waals surface area contributed by atoms with Gasteiger partial charge in [-0.25, -0.2) is 0 Å². The van der Waals surface area contributed by atoms with Gasteiger partial charge < -0.3 is 15.8 Å². The summed E-state index contributed by atoms with van der Waals surface area (Å²) in [6.45, 7) is 0.253. The molecule has 20 heavy (non-hydrogen) atoms. The molecule has 0 bridgehead atoms. The van der Waals surface area contributed by atoms with Gasteiger partial charge in [0, 0.05) is 6.61 Å². The normalized spacial score (nSPS) is 22.9. The zero-order valence-corrected chi connectivity index (χ0v) is 11.0. The highest BCUT2D eigenvalue weighted by atomic mass is 35.5. The fourth-order valence-corrected chi connectivity index (χ4v) is 2.11. The summed E-state index contributed by atoms with van der Waals surface area (Å²) in [5, 5.41) is 1.97. The van der Waals surface area contributed by atoms with Crippen LogP contribution in [0.5, 0.6) is 0 Å². The molecule has 1 aliphatic heterocycles. The van der Waals surface area contributed by atoms with Crippen LogP contribution >= 0.6 is 11.6 Å². The molecule has 1 heterocycles. The largest absolute Gasteiger partial charge is 0.418 e. The number of ether oxygens (including phenoxy) is 1. The van der Waals surface area contributed by atoms with Crippen molar-refractivity contribution in [3.05, 3.63) is 28.8 Å². The van der Waals surface area contributed by atoms with E-state index in [1.807, 2.05) is 0 Å². The van der Waals surface area contributed by atoms with Gasteiger partial charge >= 0.3 is 6.18 Å². The molecule has 1 unspecified atom stereocenters. The number of hydrogen-bond acceptors (Lipinski definition) is 3. The van der Waals surface area contributed by atoms with E-state index in [0.717, 1.165) is 12.1 Å². The maximum absolute atomic E-state index is 12.9. The lowest BCUT2D eigenvalue weighted by Gasteiger charge is -2.22. The van der Waals surface area contributed by atoms with E-state index in [-0.39, 0.29) is 18.1 Å². The van der Waals surface area contributed by atoms with E-state index in [9.17, 15) is 18.0 Å². The predicted octanol–water partition coefficient (Wildman–Crippen LogP) is 2.42. The van der Waals surface area contributed by atoms with E-state index in [2.05, 4.69) is 5.32 Å². The third-order valence-electron chi connectivity index (χ3n) is 3.06. The van der Waals surface area contributed by atoms with Crippen molar-refractivity contribution < 1.29 is 22.7 Å². The second-order valence-electron chi connectivity index (χ2n) is 4.57. The predicted molar refractivity (Wildman–Crippen MR) is 67.4 cm³/mol. The molecule has 0 saturated carbocycles. The third-order valence-corrected chi connectivity index (χ3v) is 3.38. The minimum absolute atomic E-state index is 0.0371. The second-order valence-corrected chi connectivity index (χ2v) is 4.98. The molecule has 0 radical (unpaired) electrons. The quantitative estimate of drug-likeness (QED) is 0.882. The molecular formula is C12H12ClF3N2O2. The van der Waals surface area contributed by atoms with Crippen molar-refractivity contribution in [2.75, 3.05) is 18.5 Å². The average Bonchev–Trinajstić information content (AvgIpc) is 2.78. The molecule has 1 amide bonds. The lowest BCUT2D eigenvalue weighted by molar-refractivity contribution is -0.137. The molecule has 0 spiro atoms. The molecule has 1 atom stereocenters. The number of amides is 1. The van der Waals surface area contributed by atoms with Crippen LogP contribution in [0.2, 0.25) is 5.02 Å². The molecule has 0 aliphatic carbocycles. The first kappa shape index (κ1) is 15.1. The summed E-state index contributed by atoms with van der Waals surface area (Å²) in [6, 6.07) is 3.27. The van der Waals surface area contributed by atoms with Gasteiger partial charge in [-0.15, -0.1) is 0 Å². The summed E-state index contributed by atoms with van der Waals surface area (Å²) in [7, 11) is 0. The van der Waals surface area contributed by atoms with Gasteiger partial charge in [-0.05, 0) is 18.6 Å². The minimum atomic E-state index is -4.62. The Morgan fingerprint density at radius 2 is 2.15 bits per heavy atom. The number of hydrogen-bond donors (Lipinski definition) is 2. The van der Waals surface area contributed by atoms with Crippen molar-refractivity contribution in [3.8, 4) is 0 Å². The van der Waals surface area contributed by atoms with Gasteiger partial charge in [0.15, 0.2) is 0 Å². The Balaban J connectivity index is 2.32. The van der Waals surface area contributed by atoms with Crippen molar-refractivity contribution in [2.45, 2.75) is 18.1 Å². The first-order valence-corrected chi connectivity index (χ1v) is 6.16. The smallest absolute Gasteiger partial charge is 0.379 e. The number of carbonyl (C=O) groups is 1. The SMILES string of the molecule is NC1(C(=O)Nc2c(Cl)cccc2C(F)(F)F)CCOC1. The van der Waals surface area contributed by atoms with Crippen molar-refractivity contribution in [1.82, 2.24) is 0 Å². The van der Waals surface area contributed by atoms with Crippen LogP contribution < -0.4 is 11.1 Å². The summed E-state index contributed by atoms with van der Waals surface area (Å²) < 4.78 is 43.7. The summed E-state index contributed by atoms with van der Waals surface area (Å²) in [5.41, 5.74) is 2.97. The van der Waals surface area contributed by atoms with Crippen LogP contribution in [-0.4, -0.2) is 24.7 Å². The maximum atomic E-state index is 12.9. The Morgan fingerprint density at radius 3 is 2.70 bits per heavy atom. The van der Waals surface area contributed by atoms with Gasteiger partial charge in [-0.3, -0.25) is 4.79 Å². The Kier molecular flexibility index (Phi) is 3.95. The van der Waals surface area contributed by atoms with E-state index < -0.39 is 28.9 Å².